The van der Waals surface area contributed by atoms with Crippen molar-refractivity contribution in [2.45, 2.75) is 51.9 Å². The van der Waals surface area contributed by atoms with E-state index in [1.165, 1.54) is 11.1 Å². The molecule has 1 aromatic carbocycles. The molecule has 2 atom stereocenters. The fraction of sp³-hybridized carbons (Fsp3) is 0.556. The van der Waals surface area contributed by atoms with E-state index < -0.39 is 5.76 Å². The molecular weight excluding hydrogens is 290 g/mol. The van der Waals surface area contributed by atoms with Crippen molar-refractivity contribution >= 4 is 0 Å². The molecule has 0 bridgehead atoms. The molecule has 5 nitrogen and oxygen atoms in total. The number of rotatable bonds is 6. The van der Waals surface area contributed by atoms with Crippen LogP contribution in [0.25, 0.3) is 0 Å². The summed E-state index contributed by atoms with van der Waals surface area (Å²) in [6, 6.07) is 8.81. The summed E-state index contributed by atoms with van der Waals surface area (Å²) in [4.78, 5) is 13.7. The second kappa shape index (κ2) is 7.13. The van der Waals surface area contributed by atoms with Crippen molar-refractivity contribution in [3.8, 4) is 0 Å². The highest BCUT2D eigenvalue weighted by atomic mass is 16.5. The Balaban J connectivity index is 1.98. The molecule has 0 fully saturated rings. The van der Waals surface area contributed by atoms with Gasteiger partial charge in [0.25, 0.3) is 0 Å². The molecule has 5 heteroatoms. The Kier molecular flexibility index (Phi) is 5.42. The molecule has 1 aromatic heterocycles. The number of aromatic nitrogens is 2. The minimum atomic E-state index is -0.524. The number of hydrogen-bond acceptors (Lipinski definition) is 4. The lowest BCUT2D eigenvalue weighted by Crippen LogP contribution is -2.18. The van der Waals surface area contributed by atoms with E-state index >= 15 is 0 Å². The summed E-state index contributed by atoms with van der Waals surface area (Å²) < 4.78 is 4.58. The van der Waals surface area contributed by atoms with Crippen molar-refractivity contribution in [1.82, 2.24) is 10.1 Å². The molecular formula is C18H27N3O2. The van der Waals surface area contributed by atoms with Gasteiger partial charge in [-0.3, -0.25) is 9.51 Å². The minimum absolute atomic E-state index is 0.0188. The Labute approximate surface area is 137 Å². The Morgan fingerprint density at radius 2 is 1.91 bits per heavy atom. The van der Waals surface area contributed by atoms with Crippen molar-refractivity contribution in [2.24, 2.45) is 11.7 Å². The number of H-pyrrole nitrogens is 1. The van der Waals surface area contributed by atoms with E-state index in [1.807, 2.05) is 0 Å². The monoisotopic (exact) mass is 317 g/mol. The third kappa shape index (κ3) is 4.79. The van der Waals surface area contributed by atoms with E-state index in [4.69, 9.17) is 5.73 Å². The molecule has 1 heterocycles. The Morgan fingerprint density at radius 1 is 1.26 bits per heavy atom. The van der Waals surface area contributed by atoms with Crippen LogP contribution in [0.4, 0.5) is 0 Å². The van der Waals surface area contributed by atoms with Gasteiger partial charge in [0.15, 0.2) is 5.82 Å². The molecule has 2 aromatic rings. The predicted molar refractivity (Wildman–Crippen MR) is 91.5 cm³/mol. The van der Waals surface area contributed by atoms with Crippen molar-refractivity contribution < 1.29 is 4.52 Å². The van der Waals surface area contributed by atoms with Crippen LogP contribution < -0.4 is 11.5 Å². The molecule has 0 spiro atoms. The number of nitrogens with two attached hydrogens (primary N) is 1. The fourth-order valence-electron chi connectivity index (χ4n) is 2.85. The highest BCUT2D eigenvalue weighted by Gasteiger charge is 2.19. The van der Waals surface area contributed by atoms with Gasteiger partial charge in [-0.2, -0.15) is 0 Å². The first-order valence-corrected chi connectivity index (χ1v) is 8.15. The molecule has 0 aliphatic heterocycles. The molecule has 0 saturated carbocycles. The summed E-state index contributed by atoms with van der Waals surface area (Å²) >= 11 is 0. The highest BCUT2D eigenvalue weighted by Crippen LogP contribution is 2.25. The number of nitrogens with one attached hydrogen (secondary N) is 1. The van der Waals surface area contributed by atoms with Gasteiger partial charge in [-0.15, -0.1) is 0 Å². The van der Waals surface area contributed by atoms with Crippen LogP contribution in [0.1, 0.15) is 57.0 Å². The lowest BCUT2D eigenvalue weighted by atomic mass is 9.85. The third-order valence-corrected chi connectivity index (χ3v) is 4.22. The number of nitrogens with zero attached hydrogens (tertiary/aromatic N) is 1. The van der Waals surface area contributed by atoms with Crippen LogP contribution in [0.3, 0.4) is 0 Å². The molecule has 0 radical (unpaired) electrons. The maximum atomic E-state index is 11.1. The molecule has 3 N–H and O–H groups in total. The van der Waals surface area contributed by atoms with E-state index in [-0.39, 0.29) is 11.3 Å². The summed E-state index contributed by atoms with van der Waals surface area (Å²) in [7, 11) is 0. The topological polar surface area (TPSA) is 84.9 Å². The second-order valence-corrected chi connectivity index (χ2v) is 7.40. The average molecular weight is 317 g/mol. The Bertz CT molecular complexity index is 665. The number of benzene rings is 1. The summed E-state index contributed by atoms with van der Waals surface area (Å²) in [6.07, 6.45) is 1.84. The van der Waals surface area contributed by atoms with Gasteiger partial charge in [-0.05, 0) is 35.3 Å². The zero-order valence-electron chi connectivity index (χ0n) is 14.4. The summed E-state index contributed by atoms with van der Waals surface area (Å²) in [5.74, 6) is 0.478. The normalized spacial score (nSPS) is 14.7. The summed E-state index contributed by atoms with van der Waals surface area (Å²) in [5.41, 5.74) is 8.65. The maximum Gasteiger partial charge on any atom is 0.438 e. The smallest absolute Gasteiger partial charge is 0.330 e. The van der Waals surface area contributed by atoms with Crippen molar-refractivity contribution in [3.63, 3.8) is 0 Å². The lowest BCUT2D eigenvalue weighted by molar-refractivity contribution is 0.370. The van der Waals surface area contributed by atoms with E-state index in [0.29, 0.717) is 18.3 Å². The standard InChI is InChI=1S/C18H27N3O2/c1-12(10-14(11-19)16-20-17(22)23-21-16)9-13-5-7-15(8-6-13)18(2,3)4/h5-8,12,14H,9-11,19H2,1-4H3,(H,20,21,22). The number of aromatic amines is 1. The molecule has 0 aliphatic rings. The van der Waals surface area contributed by atoms with Crippen LogP contribution in [0.15, 0.2) is 33.6 Å². The largest absolute Gasteiger partial charge is 0.438 e. The van der Waals surface area contributed by atoms with Crippen LogP contribution in [0.5, 0.6) is 0 Å². The van der Waals surface area contributed by atoms with Crippen molar-refractivity contribution in [3.05, 3.63) is 51.8 Å². The average Bonchev–Trinajstić information content (AvgIpc) is 2.91. The zero-order chi connectivity index (χ0) is 17.0. The zero-order valence-corrected chi connectivity index (χ0v) is 14.4. The maximum absolute atomic E-state index is 11.1. The SMILES string of the molecule is CC(Cc1ccc(C(C)(C)C)cc1)CC(CN)c1noc(=O)[nH]1. The van der Waals surface area contributed by atoms with Crippen LogP contribution in [-0.2, 0) is 11.8 Å². The fourth-order valence-corrected chi connectivity index (χ4v) is 2.85. The van der Waals surface area contributed by atoms with Gasteiger partial charge >= 0.3 is 5.76 Å². The predicted octanol–water partition coefficient (Wildman–Crippen LogP) is 2.97. The van der Waals surface area contributed by atoms with Crippen LogP contribution in [0.2, 0.25) is 0 Å². The molecule has 126 valence electrons. The molecule has 2 unspecified atom stereocenters. The molecule has 2 rings (SSSR count). The van der Waals surface area contributed by atoms with Gasteiger partial charge in [0.1, 0.15) is 0 Å². The highest BCUT2D eigenvalue weighted by molar-refractivity contribution is 5.27. The number of hydrogen-bond donors (Lipinski definition) is 2. The summed E-state index contributed by atoms with van der Waals surface area (Å²) in [5, 5.41) is 3.76. The van der Waals surface area contributed by atoms with Gasteiger partial charge in [0.2, 0.25) is 0 Å². The second-order valence-electron chi connectivity index (χ2n) is 7.40. The van der Waals surface area contributed by atoms with Crippen LogP contribution in [-0.4, -0.2) is 16.7 Å². The van der Waals surface area contributed by atoms with Crippen molar-refractivity contribution in [1.29, 1.82) is 0 Å². The Hall–Kier alpha value is -1.88. The first-order valence-electron chi connectivity index (χ1n) is 8.15. The molecule has 0 aliphatic carbocycles. The van der Waals surface area contributed by atoms with Gasteiger partial charge in [-0.1, -0.05) is 57.1 Å². The van der Waals surface area contributed by atoms with E-state index in [2.05, 4.69) is 66.6 Å². The van der Waals surface area contributed by atoms with Gasteiger partial charge in [-0.25, -0.2) is 4.79 Å². The first kappa shape index (κ1) is 17.5. The molecule has 23 heavy (non-hydrogen) atoms. The van der Waals surface area contributed by atoms with E-state index in [0.717, 1.165) is 12.8 Å². The van der Waals surface area contributed by atoms with Crippen LogP contribution >= 0.6 is 0 Å². The first-order chi connectivity index (χ1) is 10.8. The molecule has 0 saturated heterocycles. The van der Waals surface area contributed by atoms with Crippen LogP contribution in [0, 0.1) is 5.92 Å². The lowest BCUT2D eigenvalue weighted by Gasteiger charge is -2.20. The van der Waals surface area contributed by atoms with E-state index in [1.54, 1.807) is 0 Å². The quantitative estimate of drug-likeness (QED) is 0.857. The third-order valence-electron chi connectivity index (χ3n) is 4.22. The minimum Gasteiger partial charge on any atom is -0.330 e. The van der Waals surface area contributed by atoms with Gasteiger partial charge < -0.3 is 5.73 Å². The summed E-state index contributed by atoms with van der Waals surface area (Å²) in [6.45, 7) is 9.29. The van der Waals surface area contributed by atoms with E-state index in [9.17, 15) is 4.79 Å². The molecule has 0 amide bonds. The van der Waals surface area contributed by atoms with Crippen molar-refractivity contribution in [2.75, 3.05) is 6.54 Å². The Morgan fingerprint density at radius 3 is 2.39 bits per heavy atom. The van der Waals surface area contributed by atoms with Gasteiger partial charge in [0, 0.05) is 12.5 Å². The van der Waals surface area contributed by atoms with Gasteiger partial charge in [0.05, 0.1) is 0 Å².